The molecule has 1 N–H and O–H groups in total. The van der Waals surface area contributed by atoms with Gasteiger partial charge in [-0.2, -0.15) is 0 Å². The number of rotatable bonds is 4. The molecule has 0 radical (unpaired) electrons. The van der Waals surface area contributed by atoms with Crippen molar-refractivity contribution < 1.29 is 9.52 Å². The summed E-state index contributed by atoms with van der Waals surface area (Å²) in [4.78, 5) is 4.19. The van der Waals surface area contributed by atoms with Gasteiger partial charge >= 0.3 is 0 Å². The third-order valence-corrected chi connectivity index (χ3v) is 2.76. The maximum atomic E-state index is 10.1. The second-order valence-electron chi connectivity index (χ2n) is 3.83. The summed E-state index contributed by atoms with van der Waals surface area (Å²) in [7, 11) is 1.92. The first-order chi connectivity index (χ1) is 7.72. The fourth-order valence-corrected chi connectivity index (χ4v) is 1.81. The predicted molar refractivity (Wildman–Crippen MR) is 60.0 cm³/mol. The Balaban J connectivity index is 2.14. The molecule has 0 aliphatic carbocycles. The largest absolute Gasteiger partial charge is 0.469 e. The van der Waals surface area contributed by atoms with Crippen molar-refractivity contribution in [2.45, 2.75) is 25.9 Å². The van der Waals surface area contributed by atoms with Gasteiger partial charge in [0.1, 0.15) is 11.6 Å². The molecule has 0 fully saturated rings. The molecule has 4 heteroatoms. The van der Waals surface area contributed by atoms with Crippen molar-refractivity contribution in [3.05, 3.63) is 41.9 Å². The van der Waals surface area contributed by atoms with Gasteiger partial charge in [-0.05, 0) is 6.07 Å². The van der Waals surface area contributed by atoms with Crippen molar-refractivity contribution in [2.24, 2.45) is 7.05 Å². The second kappa shape index (κ2) is 4.53. The average molecular weight is 220 g/mol. The minimum absolute atomic E-state index is 0.510. The number of hydrogen-bond acceptors (Lipinski definition) is 3. The zero-order valence-electron chi connectivity index (χ0n) is 9.55. The molecule has 4 nitrogen and oxygen atoms in total. The van der Waals surface area contributed by atoms with Gasteiger partial charge in [0.2, 0.25) is 0 Å². The summed E-state index contributed by atoms with van der Waals surface area (Å²) in [5, 5.41) is 10.1. The molecule has 2 aromatic heterocycles. The van der Waals surface area contributed by atoms with Crippen LogP contribution in [0.4, 0.5) is 0 Å². The van der Waals surface area contributed by atoms with E-state index < -0.39 is 6.10 Å². The van der Waals surface area contributed by atoms with Gasteiger partial charge in [-0.1, -0.05) is 6.92 Å². The fourth-order valence-electron chi connectivity index (χ4n) is 1.81. The Bertz CT molecular complexity index is 459. The van der Waals surface area contributed by atoms with Crippen LogP contribution >= 0.6 is 0 Å². The Morgan fingerprint density at radius 3 is 3.00 bits per heavy atom. The summed E-state index contributed by atoms with van der Waals surface area (Å²) in [6, 6.07) is 1.83. The monoisotopic (exact) mass is 220 g/mol. The summed E-state index contributed by atoms with van der Waals surface area (Å²) in [6.07, 6.45) is 5.98. The summed E-state index contributed by atoms with van der Waals surface area (Å²) in [5.74, 6) is 1.72. The standard InChI is InChI=1S/C12H16N2O2/c1-3-11-9(4-7-16-11)10(15)8-12-13-5-6-14(12)2/h4-7,10,15H,3,8H2,1-2H3. The molecular formula is C12H16N2O2. The van der Waals surface area contributed by atoms with Crippen molar-refractivity contribution >= 4 is 0 Å². The summed E-state index contributed by atoms with van der Waals surface area (Å²) in [6.45, 7) is 2.01. The summed E-state index contributed by atoms with van der Waals surface area (Å²) < 4.78 is 7.21. The Morgan fingerprint density at radius 1 is 1.56 bits per heavy atom. The van der Waals surface area contributed by atoms with E-state index in [0.29, 0.717) is 6.42 Å². The lowest BCUT2D eigenvalue weighted by atomic mass is 10.1. The van der Waals surface area contributed by atoms with Gasteiger partial charge in [-0.3, -0.25) is 0 Å². The van der Waals surface area contributed by atoms with E-state index >= 15 is 0 Å². The number of nitrogens with zero attached hydrogens (tertiary/aromatic N) is 2. The first kappa shape index (κ1) is 11.0. The quantitative estimate of drug-likeness (QED) is 0.855. The molecule has 1 unspecified atom stereocenters. The van der Waals surface area contributed by atoms with E-state index in [0.717, 1.165) is 23.6 Å². The van der Waals surface area contributed by atoms with Gasteiger partial charge in [-0.15, -0.1) is 0 Å². The smallest absolute Gasteiger partial charge is 0.111 e. The fraction of sp³-hybridized carbons (Fsp3) is 0.417. The first-order valence-electron chi connectivity index (χ1n) is 5.43. The molecule has 0 spiro atoms. The van der Waals surface area contributed by atoms with E-state index in [4.69, 9.17) is 4.42 Å². The van der Waals surface area contributed by atoms with Crippen LogP contribution in [-0.2, 0) is 19.9 Å². The Hall–Kier alpha value is -1.55. The molecule has 0 amide bonds. The molecular weight excluding hydrogens is 204 g/mol. The Labute approximate surface area is 94.5 Å². The number of aryl methyl sites for hydroxylation is 2. The number of imidazole rings is 1. The van der Waals surface area contributed by atoms with E-state index in [1.165, 1.54) is 0 Å². The highest BCUT2D eigenvalue weighted by Crippen LogP contribution is 2.22. The molecule has 86 valence electrons. The van der Waals surface area contributed by atoms with Crippen molar-refractivity contribution in [1.29, 1.82) is 0 Å². The third-order valence-electron chi connectivity index (χ3n) is 2.76. The van der Waals surface area contributed by atoms with Crippen molar-refractivity contribution in [3.63, 3.8) is 0 Å². The summed E-state index contributed by atoms with van der Waals surface area (Å²) >= 11 is 0. The molecule has 0 aromatic carbocycles. The van der Waals surface area contributed by atoms with Crippen molar-refractivity contribution in [1.82, 2.24) is 9.55 Å². The van der Waals surface area contributed by atoms with Crippen LogP contribution in [0.25, 0.3) is 0 Å². The lowest BCUT2D eigenvalue weighted by Crippen LogP contribution is -2.07. The van der Waals surface area contributed by atoms with E-state index in [9.17, 15) is 5.11 Å². The highest BCUT2D eigenvalue weighted by molar-refractivity contribution is 5.21. The number of hydrogen-bond donors (Lipinski definition) is 1. The van der Waals surface area contributed by atoms with Gasteiger partial charge in [-0.25, -0.2) is 4.98 Å². The molecule has 2 rings (SSSR count). The lowest BCUT2D eigenvalue weighted by Gasteiger charge is -2.10. The highest BCUT2D eigenvalue weighted by atomic mass is 16.3. The van der Waals surface area contributed by atoms with Crippen molar-refractivity contribution in [3.8, 4) is 0 Å². The molecule has 2 aromatic rings. The zero-order chi connectivity index (χ0) is 11.5. The molecule has 0 aliphatic rings. The van der Waals surface area contributed by atoms with Crippen LogP contribution in [-0.4, -0.2) is 14.7 Å². The van der Waals surface area contributed by atoms with Crippen LogP contribution in [0, 0.1) is 0 Å². The predicted octanol–water partition coefficient (Wildman–Crippen LogP) is 1.85. The maximum absolute atomic E-state index is 10.1. The molecule has 1 atom stereocenters. The normalized spacial score (nSPS) is 12.9. The highest BCUT2D eigenvalue weighted by Gasteiger charge is 2.16. The minimum Gasteiger partial charge on any atom is -0.469 e. The van der Waals surface area contributed by atoms with Crippen LogP contribution in [0.3, 0.4) is 0 Å². The Morgan fingerprint density at radius 2 is 2.38 bits per heavy atom. The topological polar surface area (TPSA) is 51.2 Å². The molecule has 0 saturated heterocycles. The van der Waals surface area contributed by atoms with Crippen LogP contribution in [0.15, 0.2) is 29.1 Å². The van der Waals surface area contributed by atoms with Crippen LogP contribution in [0.2, 0.25) is 0 Å². The Kier molecular flexibility index (Phi) is 3.10. The molecule has 16 heavy (non-hydrogen) atoms. The van der Waals surface area contributed by atoms with Crippen LogP contribution in [0.1, 0.15) is 30.2 Å². The zero-order valence-corrected chi connectivity index (χ0v) is 9.55. The molecule has 0 aliphatic heterocycles. The van der Waals surface area contributed by atoms with Crippen LogP contribution in [0.5, 0.6) is 0 Å². The number of aliphatic hydroxyl groups is 1. The van der Waals surface area contributed by atoms with Gasteiger partial charge in [0, 0.05) is 37.8 Å². The van der Waals surface area contributed by atoms with Crippen molar-refractivity contribution in [2.75, 3.05) is 0 Å². The number of furan rings is 1. The van der Waals surface area contributed by atoms with E-state index in [2.05, 4.69) is 4.98 Å². The van der Waals surface area contributed by atoms with Gasteiger partial charge < -0.3 is 14.1 Å². The molecule has 0 bridgehead atoms. The third kappa shape index (κ3) is 2.02. The van der Waals surface area contributed by atoms with Gasteiger partial charge in [0.25, 0.3) is 0 Å². The van der Waals surface area contributed by atoms with Crippen LogP contribution < -0.4 is 0 Å². The van der Waals surface area contributed by atoms with Gasteiger partial charge in [0.15, 0.2) is 0 Å². The number of aliphatic hydroxyl groups excluding tert-OH is 1. The SMILES string of the molecule is CCc1occc1C(O)Cc1nccn1C. The van der Waals surface area contributed by atoms with E-state index in [-0.39, 0.29) is 0 Å². The second-order valence-corrected chi connectivity index (χ2v) is 3.83. The minimum atomic E-state index is -0.546. The molecule has 0 saturated carbocycles. The maximum Gasteiger partial charge on any atom is 0.111 e. The number of aromatic nitrogens is 2. The molecule has 2 heterocycles. The van der Waals surface area contributed by atoms with E-state index in [1.807, 2.05) is 30.8 Å². The first-order valence-corrected chi connectivity index (χ1v) is 5.43. The summed E-state index contributed by atoms with van der Waals surface area (Å²) in [5.41, 5.74) is 0.866. The average Bonchev–Trinajstić information content (AvgIpc) is 2.87. The van der Waals surface area contributed by atoms with E-state index in [1.54, 1.807) is 12.5 Å². The lowest BCUT2D eigenvalue weighted by molar-refractivity contribution is 0.172. The van der Waals surface area contributed by atoms with Gasteiger partial charge in [0.05, 0.1) is 12.4 Å².